The van der Waals surface area contributed by atoms with Crippen LogP contribution in [0, 0.1) is 5.92 Å². The SMILES string of the molecule is CCC(O)CC1CCOC2(CCOC2)C1. The van der Waals surface area contributed by atoms with E-state index in [1.54, 1.807) is 0 Å². The molecule has 2 fully saturated rings. The van der Waals surface area contributed by atoms with Crippen molar-refractivity contribution in [2.45, 2.75) is 50.7 Å². The average Bonchev–Trinajstić information content (AvgIpc) is 2.66. The van der Waals surface area contributed by atoms with Crippen LogP contribution < -0.4 is 0 Å². The molecule has 3 unspecified atom stereocenters. The van der Waals surface area contributed by atoms with Crippen molar-refractivity contribution in [3.05, 3.63) is 0 Å². The molecule has 0 aromatic heterocycles. The van der Waals surface area contributed by atoms with Gasteiger partial charge in [0.25, 0.3) is 0 Å². The second kappa shape index (κ2) is 4.81. The van der Waals surface area contributed by atoms with E-state index in [2.05, 4.69) is 0 Å². The van der Waals surface area contributed by atoms with Crippen LogP contribution in [0.3, 0.4) is 0 Å². The number of hydrogen-bond donors (Lipinski definition) is 1. The summed E-state index contributed by atoms with van der Waals surface area (Å²) in [6.45, 7) is 4.47. The molecule has 0 aromatic carbocycles. The van der Waals surface area contributed by atoms with Crippen LogP contribution >= 0.6 is 0 Å². The predicted octanol–water partition coefficient (Wildman–Crippen LogP) is 1.73. The minimum atomic E-state index is -0.132. The number of aliphatic hydroxyl groups is 1. The van der Waals surface area contributed by atoms with Crippen molar-refractivity contribution in [3.63, 3.8) is 0 Å². The average molecular weight is 214 g/mol. The molecular weight excluding hydrogens is 192 g/mol. The third-order valence-corrected chi connectivity index (χ3v) is 3.74. The minimum Gasteiger partial charge on any atom is -0.393 e. The van der Waals surface area contributed by atoms with Crippen molar-refractivity contribution in [1.82, 2.24) is 0 Å². The van der Waals surface area contributed by atoms with Gasteiger partial charge in [-0.2, -0.15) is 0 Å². The van der Waals surface area contributed by atoms with Crippen molar-refractivity contribution in [1.29, 1.82) is 0 Å². The third kappa shape index (κ3) is 2.71. The van der Waals surface area contributed by atoms with Crippen molar-refractivity contribution in [2.24, 2.45) is 5.92 Å². The standard InChI is InChI=1S/C12H22O3/c1-2-11(13)7-10-3-5-15-12(8-10)4-6-14-9-12/h10-11,13H,2-9H2,1H3. The summed E-state index contributed by atoms with van der Waals surface area (Å²) in [5.41, 5.74) is -0.00359. The molecular formula is C12H22O3. The molecule has 0 radical (unpaired) electrons. The monoisotopic (exact) mass is 214 g/mol. The topological polar surface area (TPSA) is 38.7 Å². The maximum atomic E-state index is 9.67. The van der Waals surface area contributed by atoms with Crippen molar-refractivity contribution >= 4 is 0 Å². The quantitative estimate of drug-likeness (QED) is 0.777. The van der Waals surface area contributed by atoms with Gasteiger partial charge in [0.2, 0.25) is 0 Å². The molecule has 0 aliphatic carbocycles. The summed E-state index contributed by atoms with van der Waals surface area (Å²) in [6.07, 6.45) is 4.87. The van der Waals surface area contributed by atoms with Crippen LogP contribution in [-0.4, -0.2) is 36.6 Å². The van der Waals surface area contributed by atoms with Crippen molar-refractivity contribution in [3.8, 4) is 0 Å². The first-order chi connectivity index (χ1) is 7.24. The molecule has 3 heteroatoms. The van der Waals surface area contributed by atoms with Crippen LogP contribution in [0.5, 0.6) is 0 Å². The lowest BCUT2D eigenvalue weighted by Crippen LogP contribution is -2.41. The smallest absolute Gasteiger partial charge is 0.0939 e. The number of rotatable bonds is 3. The summed E-state index contributed by atoms with van der Waals surface area (Å²) in [7, 11) is 0. The van der Waals surface area contributed by atoms with E-state index in [0.717, 1.165) is 51.9 Å². The molecule has 0 saturated carbocycles. The Morgan fingerprint density at radius 1 is 1.47 bits per heavy atom. The first-order valence-corrected chi connectivity index (χ1v) is 6.14. The molecule has 0 aromatic rings. The Morgan fingerprint density at radius 2 is 2.33 bits per heavy atom. The Labute approximate surface area is 91.8 Å². The van der Waals surface area contributed by atoms with Crippen LogP contribution in [0.2, 0.25) is 0 Å². The summed E-state index contributed by atoms with van der Waals surface area (Å²) in [6, 6.07) is 0. The van der Waals surface area contributed by atoms with Gasteiger partial charge in [0.1, 0.15) is 0 Å². The Bertz CT molecular complexity index is 199. The highest BCUT2D eigenvalue weighted by atomic mass is 16.6. The van der Waals surface area contributed by atoms with E-state index in [9.17, 15) is 5.11 Å². The molecule has 2 aliphatic heterocycles. The molecule has 3 atom stereocenters. The highest BCUT2D eigenvalue weighted by Gasteiger charge is 2.41. The van der Waals surface area contributed by atoms with Gasteiger partial charge in [-0.3, -0.25) is 0 Å². The van der Waals surface area contributed by atoms with E-state index >= 15 is 0 Å². The first kappa shape index (κ1) is 11.4. The molecule has 2 aliphatic rings. The van der Waals surface area contributed by atoms with Gasteiger partial charge >= 0.3 is 0 Å². The Balaban J connectivity index is 1.86. The molecule has 15 heavy (non-hydrogen) atoms. The van der Waals surface area contributed by atoms with Gasteiger partial charge in [0, 0.05) is 19.6 Å². The van der Waals surface area contributed by atoms with Gasteiger partial charge in [-0.25, -0.2) is 0 Å². The van der Waals surface area contributed by atoms with Crippen LogP contribution in [0.15, 0.2) is 0 Å². The molecule has 0 amide bonds. The fraction of sp³-hybridized carbons (Fsp3) is 1.00. The van der Waals surface area contributed by atoms with Crippen molar-refractivity contribution in [2.75, 3.05) is 19.8 Å². The van der Waals surface area contributed by atoms with Gasteiger partial charge in [0.15, 0.2) is 0 Å². The van der Waals surface area contributed by atoms with Gasteiger partial charge in [0.05, 0.1) is 18.3 Å². The van der Waals surface area contributed by atoms with Crippen LogP contribution in [0.25, 0.3) is 0 Å². The van der Waals surface area contributed by atoms with Crippen LogP contribution in [-0.2, 0) is 9.47 Å². The molecule has 1 spiro atoms. The number of hydrogen-bond acceptors (Lipinski definition) is 3. The normalized spacial score (nSPS) is 38.4. The minimum absolute atomic E-state index is 0.00359. The maximum Gasteiger partial charge on any atom is 0.0939 e. The molecule has 2 saturated heterocycles. The zero-order chi connectivity index (χ0) is 10.7. The zero-order valence-corrected chi connectivity index (χ0v) is 9.58. The lowest BCUT2D eigenvalue weighted by Gasteiger charge is -2.37. The number of aliphatic hydroxyl groups excluding tert-OH is 1. The zero-order valence-electron chi connectivity index (χ0n) is 9.58. The van der Waals surface area contributed by atoms with E-state index in [1.807, 2.05) is 6.92 Å². The Morgan fingerprint density at radius 3 is 3.00 bits per heavy atom. The van der Waals surface area contributed by atoms with E-state index < -0.39 is 0 Å². The third-order valence-electron chi connectivity index (χ3n) is 3.74. The van der Waals surface area contributed by atoms with Gasteiger partial charge in [-0.05, 0) is 31.6 Å². The van der Waals surface area contributed by atoms with Crippen molar-refractivity contribution < 1.29 is 14.6 Å². The number of ether oxygens (including phenoxy) is 2. The van der Waals surface area contributed by atoms with Gasteiger partial charge in [-0.15, -0.1) is 0 Å². The fourth-order valence-electron chi connectivity index (χ4n) is 2.75. The summed E-state index contributed by atoms with van der Waals surface area (Å²) < 4.78 is 11.3. The highest BCUT2D eigenvalue weighted by molar-refractivity contribution is 4.90. The maximum absolute atomic E-state index is 9.67. The molecule has 2 heterocycles. The van der Waals surface area contributed by atoms with E-state index in [0.29, 0.717) is 5.92 Å². The molecule has 3 nitrogen and oxygen atoms in total. The summed E-state index contributed by atoms with van der Waals surface area (Å²) >= 11 is 0. The van der Waals surface area contributed by atoms with Crippen LogP contribution in [0.1, 0.15) is 39.0 Å². The highest BCUT2D eigenvalue weighted by Crippen LogP contribution is 2.37. The lowest BCUT2D eigenvalue weighted by atomic mass is 9.82. The summed E-state index contributed by atoms with van der Waals surface area (Å²) in [5, 5.41) is 9.67. The summed E-state index contributed by atoms with van der Waals surface area (Å²) in [4.78, 5) is 0. The van der Waals surface area contributed by atoms with E-state index in [1.165, 1.54) is 0 Å². The van der Waals surface area contributed by atoms with Gasteiger partial charge < -0.3 is 14.6 Å². The molecule has 88 valence electrons. The molecule has 0 bridgehead atoms. The Hall–Kier alpha value is -0.120. The second-order valence-corrected chi connectivity index (χ2v) is 4.99. The summed E-state index contributed by atoms with van der Waals surface area (Å²) in [5.74, 6) is 0.621. The van der Waals surface area contributed by atoms with E-state index in [4.69, 9.17) is 9.47 Å². The predicted molar refractivity (Wildman–Crippen MR) is 57.8 cm³/mol. The van der Waals surface area contributed by atoms with E-state index in [-0.39, 0.29) is 11.7 Å². The molecule has 2 rings (SSSR count). The lowest BCUT2D eigenvalue weighted by molar-refractivity contribution is -0.103. The largest absolute Gasteiger partial charge is 0.393 e. The second-order valence-electron chi connectivity index (χ2n) is 4.99. The van der Waals surface area contributed by atoms with Gasteiger partial charge in [-0.1, -0.05) is 6.92 Å². The Kier molecular flexibility index (Phi) is 3.65. The fourth-order valence-corrected chi connectivity index (χ4v) is 2.75. The van der Waals surface area contributed by atoms with Crippen LogP contribution in [0.4, 0.5) is 0 Å². The first-order valence-electron chi connectivity index (χ1n) is 6.14. The molecule has 1 N–H and O–H groups in total.